The van der Waals surface area contributed by atoms with Crippen LogP contribution in [0.5, 0.6) is 5.75 Å². The summed E-state index contributed by atoms with van der Waals surface area (Å²) in [4.78, 5) is 19.1. The number of aromatic nitrogens is 2. The highest BCUT2D eigenvalue weighted by molar-refractivity contribution is 5.96. The largest absolute Gasteiger partial charge is 0.490 e. The van der Waals surface area contributed by atoms with Crippen LogP contribution >= 0.6 is 0 Å². The summed E-state index contributed by atoms with van der Waals surface area (Å²) in [6, 6.07) is 20.3. The van der Waals surface area contributed by atoms with E-state index in [0.717, 1.165) is 64.8 Å². The molecule has 3 aromatic carbocycles. The summed E-state index contributed by atoms with van der Waals surface area (Å²) in [5, 5.41) is 11.6. The van der Waals surface area contributed by atoms with Crippen LogP contribution in [0.4, 0.5) is 4.79 Å². The van der Waals surface area contributed by atoms with E-state index in [1.807, 2.05) is 63.2 Å². The number of fused-ring (bicyclic) bond motifs is 2. The summed E-state index contributed by atoms with van der Waals surface area (Å²) in [6.45, 7) is 9.02. The molecule has 0 aliphatic carbocycles. The van der Waals surface area contributed by atoms with Gasteiger partial charge in [-0.25, -0.2) is 9.78 Å². The van der Waals surface area contributed by atoms with Crippen LogP contribution in [0.25, 0.3) is 27.5 Å². The molecule has 4 aromatic rings. The van der Waals surface area contributed by atoms with Gasteiger partial charge >= 0.3 is 6.09 Å². The first-order valence-electron chi connectivity index (χ1n) is 13.4. The lowest BCUT2D eigenvalue weighted by atomic mass is 10.0. The van der Waals surface area contributed by atoms with E-state index in [4.69, 9.17) is 14.5 Å². The fraction of sp³-hybridized carbons (Fsp3) is 0.387. The molecular weight excluding hydrogens is 476 g/mol. The third kappa shape index (κ3) is 5.17. The molecule has 5 rings (SSSR count). The van der Waals surface area contributed by atoms with E-state index in [9.17, 15) is 10.1 Å². The Labute approximate surface area is 223 Å². The van der Waals surface area contributed by atoms with E-state index < -0.39 is 5.60 Å². The minimum absolute atomic E-state index is 0.0216. The van der Waals surface area contributed by atoms with Crippen LogP contribution in [0.3, 0.4) is 0 Å². The highest BCUT2D eigenvalue weighted by atomic mass is 16.6. The van der Waals surface area contributed by atoms with Gasteiger partial charge in [-0.2, -0.15) is 5.26 Å². The van der Waals surface area contributed by atoms with Gasteiger partial charge in [-0.05, 0) is 51.5 Å². The van der Waals surface area contributed by atoms with Crippen LogP contribution in [0.1, 0.15) is 58.3 Å². The number of ether oxygens (including phenoxy) is 2. The Morgan fingerprint density at radius 3 is 2.50 bits per heavy atom. The molecule has 1 aliphatic heterocycles. The average molecular weight is 511 g/mol. The molecule has 7 heteroatoms. The Balaban J connectivity index is 1.44. The van der Waals surface area contributed by atoms with Crippen molar-refractivity contribution in [2.24, 2.45) is 0 Å². The van der Waals surface area contributed by atoms with Crippen LogP contribution in [-0.4, -0.2) is 45.3 Å². The Hall–Kier alpha value is -4.05. The third-order valence-corrected chi connectivity index (χ3v) is 6.83. The molecular formula is C31H34N4O3. The van der Waals surface area contributed by atoms with E-state index in [-0.39, 0.29) is 12.2 Å². The number of hydrogen-bond donors (Lipinski definition) is 0. The molecule has 1 amide bonds. The molecule has 1 fully saturated rings. The van der Waals surface area contributed by atoms with E-state index in [2.05, 4.69) is 29.7 Å². The summed E-state index contributed by atoms with van der Waals surface area (Å²) in [6.07, 6.45) is 3.06. The smallest absolute Gasteiger partial charge is 0.410 e. The van der Waals surface area contributed by atoms with Crippen LogP contribution in [-0.2, 0) is 11.2 Å². The van der Waals surface area contributed by atoms with Crippen molar-refractivity contribution in [3.8, 4) is 17.5 Å². The number of carbonyl (C=O) groups excluding carboxylic acids is 1. The fourth-order valence-corrected chi connectivity index (χ4v) is 5.09. The number of nitriles is 1. The van der Waals surface area contributed by atoms with Crippen molar-refractivity contribution in [3.05, 3.63) is 66.0 Å². The van der Waals surface area contributed by atoms with Crippen LogP contribution in [0, 0.1) is 11.3 Å². The van der Waals surface area contributed by atoms with Crippen LogP contribution in [0.15, 0.2) is 54.6 Å². The number of piperidine rings is 1. The highest BCUT2D eigenvalue weighted by Crippen LogP contribution is 2.32. The zero-order valence-electron chi connectivity index (χ0n) is 22.5. The number of hydrogen-bond acceptors (Lipinski definition) is 5. The summed E-state index contributed by atoms with van der Waals surface area (Å²) < 4.78 is 14.1. The first kappa shape index (κ1) is 25.6. The molecule has 1 aliphatic rings. The summed E-state index contributed by atoms with van der Waals surface area (Å²) >= 11 is 0. The Kier molecular flexibility index (Phi) is 6.98. The molecule has 196 valence electrons. The van der Waals surface area contributed by atoms with Crippen molar-refractivity contribution in [2.75, 3.05) is 13.1 Å². The molecule has 0 atom stereocenters. The van der Waals surface area contributed by atoms with E-state index in [1.54, 1.807) is 4.90 Å². The SMILES string of the molecule is CCCc1nc2ccc(OC3CCN(C(=O)OC(C)(C)C)CC3)cc2n1-c1ccc(C#N)c2ccccc12. The van der Waals surface area contributed by atoms with E-state index >= 15 is 0 Å². The second-order valence-corrected chi connectivity index (χ2v) is 10.8. The standard InChI is InChI=1S/C31H34N4O3/c1-5-8-29-33-26-13-12-23(37-22-15-17-34(18-16-22)30(36)38-31(2,3)4)19-28(26)35(29)27-14-11-21(20-32)24-9-6-7-10-25(24)27/h6-7,9-14,19,22H,5,8,15-18H2,1-4H3. The lowest BCUT2D eigenvalue weighted by Gasteiger charge is -2.33. The van der Waals surface area contributed by atoms with E-state index in [0.29, 0.717) is 18.7 Å². The molecule has 0 saturated carbocycles. The number of carbonyl (C=O) groups is 1. The van der Waals surface area contributed by atoms with Crippen LogP contribution in [0.2, 0.25) is 0 Å². The molecule has 38 heavy (non-hydrogen) atoms. The lowest BCUT2D eigenvalue weighted by Crippen LogP contribution is -2.44. The van der Waals surface area contributed by atoms with Crippen molar-refractivity contribution in [1.29, 1.82) is 5.26 Å². The second-order valence-electron chi connectivity index (χ2n) is 10.8. The van der Waals surface area contributed by atoms with Gasteiger partial charge in [0.2, 0.25) is 0 Å². The Morgan fingerprint density at radius 1 is 1.08 bits per heavy atom. The zero-order chi connectivity index (χ0) is 26.9. The number of rotatable bonds is 5. The molecule has 0 spiro atoms. The summed E-state index contributed by atoms with van der Waals surface area (Å²) in [5.74, 6) is 1.77. The first-order valence-corrected chi connectivity index (χ1v) is 13.4. The normalized spacial score (nSPS) is 14.6. The van der Waals surface area contributed by atoms with Gasteiger partial charge in [0.1, 0.15) is 23.3 Å². The van der Waals surface area contributed by atoms with Gasteiger partial charge in [-0.3, -0.25) is 4.57 Å². The van der Waals surface area contributed by atoms with Crippen LogP contribution < -0.4 is 4.74 Å². The monoisotopic (exact) mass is 510 g/mol. The molecule has 1 aromatic heterocycles. The quantitative estimate of drug-likeness (QED) is 0.296. The van der Waals surface area contributed by atoms with Gasteiger partial charge < -0.3 is 14.4 Å². The molecule has 7 nitrogen and oxygen atoms in total. The van der Waals surface area contributed by atoms with Crippen molar-refractivity contribution < 1.29 is 14.3 Å². The highest BCUT2D eigenvalue weighted by Gasteiger charge is 2.28. The van der Waals surface area contributed by atoms with Gasteiger partial charge in [0.15, 0.2) is 0 Å². The second kappa shape index (κ2) is 10.4. The minimum Gasteiger partial charge on any atom is -0.490 e. The van der Waals surface area contributed by atoms with Gasteiger partial charge in [-0.1, -0.05) is 31.2 Å². The number of aryl methyl sites for hydroxylation is 1. The number of amides is 1. The number of nitrogens with zero attached hydrogens (tertiary/aromatic N) is 4. The molecule has 0 bridgehead atoms. The maximum atomic E-state index is 12.4. The molecule has 0 N–H and O–H groups in total. The predicted octanol–water partition coefficient (Wildman–Crippen LogP) is 6.78. The summed E-state index contributed by atoms with van der Waals surface area (Å²) in [7, 11) is 0. The fourth-order valence-electron chi connectivity index (χ4n) is 5.09. The predicted molar refractivity (Wildman–Crippen MR) is 149 cm³/mol. The third-order valence-electron chi connectivity index (χ3n) is 6.83. The van der Waals surface area contributed by atoms with Crippen molar-refractivity contribution in [1.82, 2.24) is 14.5 Å². The molecule has 0 unspecified atom stereocenters. The number of benzene rings is 3. The number of imidazole rings is 1. The first-order chi connectivity index (χ1) is 18.3. The Bertz CT molecular complexity index is 1520. The maximum absolute atomic E-state index is 12.4. The van der Waals surface area contributed by atoms with Crippen molar-refractivity contribution in [2.45, 2.75) is 65.1 Å². The van der Waals surface area contributed by atoms with Gasteiger partial charge in [0.05, 0.1) is 28.4 Å². The molecule has 0 radical (unpaired) electrons. The van der Waals surface area contributed by atoms with Crippen molar-refractivity contribution in [3.63, 3.8) is 0 Å². The van der Waals surface area contributed by atoms with Gasteiger partial charge in [0, 0.05) is 49.2 Å². The zero-order valence-corrected chi connectivity index (χ0v) is 22.5. The Morgan fingerprint density at radius 2 is 1.82 bits per heavy atom. The maximum Gasteiger partial charge on any atom is 0.410 e. The summed E-state index contributed by atoms with van der Waals surface area (Å²) in [5.41, 5.74) is 3.06. The minimum atomic E-state index is -0.500. The van der Waals surface area contributed by atoms with Gasteiger partial charge in [0.25, 0.3) is 0 Å². The molecule has 1 saturated heterocycles. The topological polar surface area (TPSA) is 80.4 Å². The molecule has 2 heterocycles. The van der Waals surface area contributed by atoms with Gasteiger partial charge in [-0.15, -0.1) is 0 Å². The number of likely N-dealkylation sites (tertiary alicyclic amines) is 1. The van der Waals surface area contributed by atoms with Crippen molar-refractivity contribution >= 4 is 27.9 Å². The average Bonchev–Trinajstić information content (AvgIpc) is 3.24. The van der Waals surface area contributed by atoms with E-state index in [1.165, 1.54) is 0 Å². The lowest BCUT2D eigenvalue weighted by molar-refractivity contribution is 0.0127.